The third-order valence-electron chi connectivity index (χ3n) is 3.44. The Labute approximate surface area is 146 Å². The lowest BCUT2D eigenvalue weighted by Crippen LogP contribution is -2.12. The molecular weight excluding hydrogens is 319 g/mol. The van der Waals surface area contributed by atoms with Crippen LogP contribution in [-0.4, -0.2) is 18.9 Å². The van der Waals surface area contributed by atoms with Gasteiger partial charge in [-0.3, -0.25) is 4.79 Å². The molecule has 128 valence electrons. The Morgan fingerprint density at radius 3 is 2.48 bits per heavy atom. The second-order valence-electron chi connectivity index (χ2n) is 5.67. The molecule has 4 nitrogen and oxygen atoms in total. The fourth-order valence-corrected chi connectivity index (χ4v) is 2.28. The molecule has 0 atom stereocenters. The topological polar surface area (TPSA) is 62.1 Å². The molecule has 25 heavy (non-hydrogen) atoms. The van der Waals surface area contributed by atoms with Crippen LogP contribution < -0.4 is 10.1 Å². The predicted molar refractivity (Wildman–Crippen MR) is 94.7 cm³/mol. The first kappa shape index (κ1) is 18.2. The van der Waals surface area contributed by atoms with Crippen molar-refractivity contribution < 1.29 is 13.9 Å². The Bertz CT molecular complexity index is 834. The number of hydrogen-bond donors (Lipinski definition) is 1. The Balaban J connectivity index is 2.41. The van der Waals surface area contributed by atoms with E-state index in [-0.39, 0.29) is 11.9 Å². The number of allylic oxidation sites excluding steroid dienone is 1. The van der Waals surface area contributed by atoms with Crippen LogP contribution >= 0.6 is 0 Å². The van der Waals surface area contributed by atoms with E-state index in [4.69, 9.17) is 10.00 Å². The van der Waals surface area contributed by atoms with E-state index in [9.17, 15) is 9.18 Å². The van der Waals surface area contributed by atoms with Gasteiger partial charge in [-0.15, -0.1) is 0 Å². The molecule has 0 amide bonds. The zero-order valence-electron chi connectivity index (χ0n) is 14.3. The molecule has 0 aromatic heterocycles. The predicted octanol–water partition coefficient (Wildman–Crippen LogP) is 3.93. The molecule has 0 unspecified atom stereocenters. The van der Waals surface area contributed by atoms with Gasteiger partial charge < -0.3 is 10.1 Å². The normalized spacial score (nSPS) is 11.1. The van der Waals surface area contributed by atoms with Crippen molar-refractivity contribution in [2.24, 2.45) is 0 Å². The lowest BCUT2D eigenvalue weighted by molar-refractivity contribution is 0.104. The van der Waals surface area contributed by atoms with Crippen LogP contribution in [0.5, 0.6) is 5.75 Å². The number of hydrogen-bond acceptors (Lipinski definition) is 4. The van der Waals surface area contributed by atoms with E-state index in [1.807, 2.05) is 19.9 Å². The van der Waals surface area contributed by atoms with Gasteiger partial charge in [0.1, 0.15) is 11.6 Å². The highest BCUT2D eigenvalue weighted by molar-refractivity contribution is 6.08. The van der Waals surface area contributed by atoms with E-state index in [1.54, 1.807) is 37.4 Å². The Kier molecular flexibility index (Phi) is 5.91. The molecule has 0 aliphatic rings. The summed E-state index contributed by atoms with van der Waals surface area (Å²) in [4.78, 5) is 12.5. The minimum absolute atomic E-state index is 0.0865. The summed E-state index contributed by atoms with van der Waals surface area (Å²) in [5.74, 6) is -0.184. The van der Waals surface area contributed by atoms with E-state index < -0.39 is 5.82 Å². The third kappa shape index (κ3) is 4.67. The number of nitrogens with one attached hydrogen (secondary N) is 1. The maximum absolute atomic E-state index is 13.7. The van der Waals surface area contributed by atoms with Gasteiger partial charge in [-0.05, 0) is 56.3 Å². The molecule has 0 aliphatic heterocycles. The van der Waals surface area contributed by atoms with Gasteiger partial charge >= 0.3 is 0 Å². The fraction of sp³-hybridized carbons (Fsp3) is 0.200. The molecule has 0 fully saturated rings. The first-order valence-electron chi connectivity index (χ1n) is 7.85. The van der Waals surface area contributed by atoms with Gasteiger partial charge in [0, 0.05) is 29.9 Å². The Morgan fingerprint density at radius 1 is 1.24 bits per heavy atom. The number of ketones is 1. The second kappa shape index (κ2) is 8.11. The zero-order valence-corrected chi connectivity index (χ0v) is 14.3. The molecule has 2 aromatic carbocycles. The molecule has 2 aromatic rings. The molecule has 0 heterocycles. The van der Waals surface area contributed by atoms with Crippen molar-refractivity contribution in [2.45, 2.75) is 20.0 Å². The molecule has 2 rings (SSSR count). The van der Waals surface area contributed by atoms with Crippen LogP contribution in [0.15, 0.2) is 48.5 Å². The van der Waals surface area contributed by atoms with Crippen LogP contribution in [0.2, 0.25) is 0 Å². The van der Waals surface area contributed by atoms with Crippen LogP contribution in [0.3, 0.4) is 0 Å². The fourth-order valence-electron chi connectivity index (χ4n) is 2.28. The van der Waals surface area contributed by atoms with Crippen LogP contribution in [-0.2, 0) is 0 Å². The van der Waals surface area contributed by atoms with Crippen molar-refractivity contribution >= 4 is 11.5 Å². The highest BCUT2D eigenvalue weighted by Crippen LogP contribution is 2.27. The average Bonchev–Trinajstić information content (AvgIpc) is 2.60. The van der Waals surface area contributed by atoms with Gasteiger partial charge in [0.15, 0.2) is 5.78 Å². The lowest BCUT2D eigenvalue weighted by atomic mass is 10.0. The van der Waals surface area contributed by atoms with Gasteiger partial charge in [0.2, 0.25) is 0 Å². The Hall–Kier alpha value is -3.13. The van der Waals surface area contributed by atoms with Gasteiger partial charge in [0.05, 0.1) is 17.7 Å². The first-order valence-corrected chi connectivity index (χ1v) is 7.85. The van der Waals surface area contributed by atoms with Crippen molar-refractivity contribution in [1.29, 1.82) is 5.26 Å². The highest BCUT2D eigenvalue weighted by atomic mass is 19.1. The van der Waals surface area contributed by atoms with Gasteiger partial charge in [-0.25, -0.2) is 4.39 Å². The molecule has 0 saturated carbocycles. The summed E-state index contributed by atoms with van der Waals surface area (Å²) in [6.07, 6.45) is 1.31. The van der Waals surface area contributed by atoms with E-state index in [1.165, 1.54) is 18.2 Å². The second-order valence-corrected chi connectivity index (χ2v) is 5.67. The molecule has 0 spiro atoms. The average molecular weight is 338 g/mol. The maximum atomic E-state index is 13.7. The summed E-state index contributed by atoms with van der Waals surface area (Å²) in [6.45, 7) is 3.75. The van der Waals surface area contributed by atoms with E-state index >= 15 is 0 Å². The van der Waals surface area contributed by atoms with Gasteiger partial charge in [-0.1, -0.05) is 0 Å². The van der Waals surface area contributed by atoms with Crippen molar-refractivity contribution in [3.8, 4) is 11.8 Å². The standard InChI is InChI=1S/C20H19FN2O2/c1-13(2)25-20-9-8-16(21)10-17(20)18(23-3)11-19(24)15-6-4-14(12-22)5-7-15/h4-11,13,23H,1-3H3/b18-11-. The van der Waals surface area contributed by atoms with E-state index in [2.05, 4.69) is 5.32 Å². The lowest BCUT2D eigenvalue weighted by Gasteiger charge is -2.16. The number of nitrogens with zero attached hydrogens (tertiary/aromatic N) is 1. The number of carbonyl (C=O) groups excluding carboxylic acids is 1. The molecular formula is C20H19FN2O2. The number of rotatable bonds is 6. The van der Waals surface area contributed by atoms with Crippen molar-refractivity contribution in [2.75, 3.05) is 7.05 Å². The van der Waals surface area contributed by atoms with Crippen LogP contribution in [0.1, 0.15) is 35.3 Å². The number of nitriles is 1. The van der Waals surface area contributed by atoms with E-state index in [0.29, 0.717) is 28.1 Å². The maximum Gasteiger partial charge on any atom is 0.187 e. The summed E-state index contributed by atoms with van der Waals surface area (Å²) in [7, 11) is 1.65. The quantitative estimate of drug-likeness (QED) is 0.640. The van der Waals surface area contributed by atoms with Gasteiger partial charge in [-0.2, -0.15) is 5.26 Å². The number of halogens is 1. The van der Waals surface area contributed by atoms with Crippen LogP contribution in [0, 0.1) is 17.1 Å². The summed E-state index contributed by atoms with van der Waals surface area (Å²) in [5, 5.41) is 11.7. The first-order chi connectivity index (χ1) is 11.9. The molecule has 0 aliphatic carbocycles. The highest BCUT2D eigenvalue weighted by Gasteiger charge is 2.13. The molecule has 0 saturated heterocycles. The van der Waals surface area contributed by atoms with Crippen molar-refractivity contribution in [3.63, 3.8) is 0 Å². The smallest absolute Gasteiger partial charge is 0.187 e. The molecule has 0 bridgehead atoms. The van der Waals surface area contributed by atoms with Gasteiger partial charge in [0.25, 0.3) is 0 Å². The number of ether oxygens (including phenoxy) is 1. The van der Waals surface area contributed by atoms with Crippen LogP contribution in [0.4, 0.5) is 4.39 Å². The Morgan fingerprint density at radius 2 is 1.92 bits per heavy atom. The summed E-state index contributed by atoms with van der Waals surface area (Å²) in [5.41, 5.74) is 1.84. The number of benzene rings is 2. The summed E-state index contributed by atoms with van der Waals surface area (Å²) >= 11 is 0. The monoisotopic (exact) mass is 338 g/mol. The SMILES string of the molecule is CN/C(=C\C(=O)c1ccc(C#N)cc1)c1cc(F)ccc1OC(C)C. The minimum atomic E-state index is -0.418. The van der Waals surface area contributed by atoms with Crippen molar-refractivity contribution in [1.82, 2.24) is 5.32 Å². The largest absolute Gasteiger partial charge is 0.490 e. The number of carbonyl (C=O) groups is 1. The molecule has 1 N–H and O–H groups in total. The summed E-state index contributed by atoms with van der Waals surface area (Å²) in [6, 6.07) is 12.5. The van der Waals surface area contributed by atoms with E-state index in [0.717, 1.165) is 0 Å². The summed E-state index contributed by atoms with van der Waals surface area (Å²) < 4.78 is 19.4. The third-order valence-corrected chi connectivity index (χ3v) is 3.44. The zero-order chi connectivity index (χ0) is 18.4. The minimum Gasteiger partial charge on any atom is -0.490 e. The molecule has 5 heteroatoms. The van der Waals surface area contributed by atoms with Crippen molar-refractivity contribution in [3.05, 3.63) is 71.0 Å². The molecule has 0 radical (unpaired) electrons. The van der Waals surface area contributed by atoms with Crippen LogP contribution in [0.25, 0.3) is 5.70 Å².